The first-order valence-corrected chi connectivity index (χ1v) is 14.8. The van der Waals surface area contributed by atoms with Crippen molar-refractivity contribution in [3.63, 3.8) is 0 Å². The number of ether oxygens (including phenoxy) is 4. The van der Waals surface area contributed by atoms with Crippen LogP contribution in [0, 0.1) is 0 Å². The summed E-state index contributed by atoms with van der Waals surface area (Å²) in [5.74, 6) is 1.06. The van der Waals surface area contributed by atoms with Crippen LogP contribution in [0.3, 0.4) is 0 Å². The Balaban J connectivity index is 1.50. The Morgan fingerprint density at radius 3 is 2.71 bits per heavy atom. The summed E-state index contributed by atoms with van der Waals surface area (Å²) in [5, 5.41) is 11.8. The van der Waals surface area contributed by atoms with Gasteiger partial charge in [-0.1, -0.05) is 18.6 Å². The van der Waals surface area contributed by atoms with Gasteiger partial charge in [-0.15, -0.1) is 0 Å². The Hall–Kier alpha value is -4.04. The number of hydrogen-bond donors (Lipinski definition) is 2. The molecule has 3 heterocycles. The molecule has 2 N–H and O–H groups in total. The molecule has 1 saturated carbocycles. The Bertz CT molecular complexity index is 1620. The van der Waals surface area contributed by atoms with Gasteiger partial charge in [-0.3, -0.25) is 4.79 Å². The molecule has 0 spiro atoms. The van der Waals surface area contributed by atoms with Gasteiger partial charge in [0, 0.05) is 42.1 Å². The largest absolute Gasteiger partial charge is 0.492 e. The fourth-order valence-corrected chi connectivity index (χ4v) is 6.11. The average molecular weight is 572 g/mol. The fourth-order valence-electron chi connectivity index (χ4n) is 6.11. The topological polar surface area (TPSA) is 107 Å². The summed E-state index contributed by atoms with van der Waals surface area (Å²) in [6.07, 6.45) is 5.92. The lowest BCUT2D eigenvalue weighted by atomic mass is 9.77. The predicted octanol–water partition coefficient (Wildman–Crippen LogP) is 6.16. The van der Waals surface area contributed by atoms with Gasteiger partial charge in [0.25, 0.3) is 0 Å². The van der Waals surface area contributed by atoms with Gasteiger partial charge in [0.15, 0.2) is 0 Å². The molecule has 8 nitrogen and oxygen atoms in total. The quantitative estimate of drug-likeness (QED) is 0.327. The minimum atomic E-state index is -1.07. The molecule has 42 heavy (non-hydrogen) atoms. The molecule has 0 saturated heterocycles. The summed E-state index contributed by atoms with van der Waals surface area (Å²) in [5.41, 5.74) is 4.42. The van der Waals surface area contributed by atoms with Crippen LogP contribution in [0.5, 0.6) is 17.2 Å². The van der Waals surface area contributed by atoms with Crippen LogP contribution in [-0.4, -0.2) is 46.8 Å². The highest BCUT2D eigenvalue weighted by Crippen LogP contribution is 2.52. The standard InChI is InChI=1S/C34H37NO7/c1-5-13-40-32-24-17-30(34(3,4)38)42-27(24)18-28-31(32)23(16-29(41-28)33(37)39-6-2)20-8-10-26(36)22(15-20)19-7-9-25-21(14-19)11-12-35-25/h7,9,11-12,14,16,18,22,30,35,38H,5-6,8,10,13,15,17H2,1-4H3. The molecule has 2 atom stereocenters. The number of aromatic nitrogens is 1. The first kappa shape index (κ1) is 28.1. The van der Waals surface area contributed by atoms with Crippen LogP contribution in [0.15, 0.2) is 53.9 Å². The van der Waals surface area contributed by atoms with E-state index in [0.29, 0.717) is 49.5 Å². The molecule has 0 bridgehead atoms. The molecule has 1 fully saturated rings. The van der Waals surface area contributed by atoms with E-state index in [1.807, 2.05) is 31.3 Å². The van der Waals surface area contributed by atoms with Crippen molar-refractivity contribution in [1.29, 1.82) is 0 Å². The third-order valence-electron chi connectivity index (χ3n) is 8.32. The highest BCUT2D eigenvalue weighted by Gasteiger charge is 2.41. The van der Waals surface area contributed by atoms with Crippen LogP contribution in [-0.2, 0) is 20.7 Å². The fraction of sp³-hybridized carbons (Fsp3) is 0.412. The molecule has 1 aromatic heterocycles. The number of fused-ring (bicyclic) bond motifs is 3. The second-order valence-electron chi connectivity index (χ2n) is 11.8. The zero-order chi connectivity index (χ0) is 29.6. The van der Waals surface area contributed by atoms with Crippen molar-refractivity contribution in [3.8, 4) is 17.2 Å². The summed E-state index contributed by atoms with van der Waals surface area (Å²) in [6.45, 7) is 7.93. The molecule has 2 aromatic carbocycles. The minimum Gasteiger partial charge on any atom is -0.492 e. The van der Waals surface area contributed by atoms with Crippen LogP contribution in [0.25, 0.3) is 16.5 Å². The number of Topliss-reactive ketones (excluding diaryl/α,β-unsaturated/α-hetero) is 1. The lowest BCUT2D eigenvalue weighted by molar-refractivity contribution is -0.141. The first-order valence-electron chi connectivity index (χ1n) is 14.8. The van der Waals surface area contributed by atoms with Gasteiger partial charge >= 0.3 is 5.97 Å². The Kier molecular flexibility index (Phi) is 7.35. The number of rotatable bonds is 7. The molecule has 1 aliphatic carbocycles. The van der Waals surface area contributed by atoms with E-state index in [9.17, 15) is 14.7 Å². The number of allylic oxidation sites excluding steroid dienone is 3. The van der Waals surface area contributed by atoms with E-state index in [1.54, 1.807) is 32.9 Å². The minimum absolute atomic E-state index is 0.0764. The first-order chi connectivity index (χ1) is 20.2. The number of benzene rings is 2. The molecule has 0 amide bonds. The molecule has 0 radical (unpaired) electrons. The molecular weight excluding hydrogens is 534 g/mol. The van der Waals surface area contributed by atoms with Crippen molar-refractivity contribution in [2.45, 2.75) is 77.4 Å². The lowest BCUT2D eigenvalue weighted by Crippen LogP contribution is -2.39. The predicted molar refractivity (Wildman–Crippen MR) is 159 cm³/mol. The number of hydrogen-bond acceptors (Lipinski definition) is 7. The number of carbonyl (C=O) groups is 2. The molecule has 6 rings (SSSR count). The van der Waals surface area contributed by atoms with Crippen LogP contribution < -0.4 is 14.2 Å². The second-order valence-corrected chi connectivity index (χ2v) is 11.8. The van der Waals surface area contributed by atoms with Crippen molar-refractivity contribution >= 4 is 28.2 Å². The number of aromatic amines is 1. The van der Waals surface area contributed by atoms with Crippen molar-refractivity contribution < 1.29 is 33.6 Å². The average Bonchev–Trinajstić information content (AvgIpc) is 3.62. The summed E-state index contributed by atoms with van der Waals surface area (Å²) in [6, 6.07) is 9.91. The summed E-state index contributed by atoms with van der Waals surface area (Å²) in [7, 11) is 0. The van der Waals surface area contributed by atoms with Crippen molar-refractivity contribution in [1.82, 2.24) is 4.98 Å². The smallest absolute Gasteiger partial charge is 0.374 e. The van der Waals surface area contributed by atoms with Gasteiger partial charge in [0.05, 0.1) is 24.4 Å². The van der Waals surface area contributed by atoms with Crippen molar-refractivity contribution in [2.24, 2.45) is 0 Å². The van der Waals surface area contributed by atoms with Crippen LogP contribution in [0.4, 0.5) is 0 Å². The summed E-state index contributed by atoms with van der Waals surface area (Å²) in [4.78, 5) is 29.5. The number of esters is 1. The monoisotopic (exact) mass is 571 g/mol. The number of ketones is 1. The van der Waals surface area contributed by atoms with E-state index in [-0.39, 0.29) is 24.1 Å². The van der Waals surface area contributed by atoms with E-state index >= 15 is 0 Å². The maximum atomic E-state index is 13.3. The molecule has 8 heteroatoms. The zero-order valence-electron chi connectivity index (χ0n) is 24.5. The number of aliphatic hydroxyl groups is 1. The van der Waals surface area contributed by atoms with E-state index in [1.165, 1.54) is 0 Å². The Morgan fingerprint density at radius 1 is 1.12 bits per heavy atom. The SMILES string of the molecule is CCCOc1c2c(cc3c1C(=C1CCC(=O)C(c4ccc5[nH]ccc5c4)C1)C=C(C(=O)OCC)O3)OC(C(C)(C)O)C2. The van der Waals surface area contributed by atoms with Crippen molar-refractivity contribution in [3.05, 3.63) is 70.6 Å². The van der Waals surface area contributed by atoms with Gasteiger partial charge in [0.2, 0.25) is 5.76 Å². The van der Waals surface area contributed by atoms with E-state index in [4.69, 9.17) is 18.9 Å². The normalized spacial score (nSPS) is 21.7. The van der Waals surface area contributed by atoms with Gasteiger partial charge in [-0.25, -0.2) is 4.79 Å². The second kappa shape index (κ2) is 11.0. The number of H-pyrrole nitrogens is 1. The van der Waals surface area contributed by atoms with E-state index < -0.39 is 17.7 Å². The maximum Gasteiger partial charge on any atom is 0.374 e. The molecule has 220 valence electrons. The van der Waals surface area contributed by atoms with Gasteiger partial charge in [-0.05, 0) is 80.8 Å². The Labute approximate surface area is 245 Å². The van der Waals surface area contributed by atoms with Crippen LogP contribution >= 0.6 is 0 Å². The lowest BCUT2D eigenvalue weighted by Gasteiger charge is -2.29. The van der Waals surface area contributed by atoms with E-state index in [2.05, 4.69) is 11.1 Å². The highest BCUT2D eigenvalue weighted by molar-refractivity contribution is 5.98. The van der Waals surface area contributed by atoms with Crippen LogP contribution in [0.2, 0.25) is 0 Å². The third-order valence-corrected chi connectivity index (χ3v) is 8.32. The summed E-state index contributed by atoms with van der Waals surface area (Å²) < 4.78 is 24.1. The van der Waals surface area contributed by atoms with Crippen LogP contribution in [0.1, 0.15) is 76.0 Å². The Morgan fingerprint density at radius 2 is 1.95 bits per heavy atom. The third kappa shape index (κ3) is 5.09. The van der Waals surface area contributed by atoms with E-state index in [0.717, 1.165) is 45.2 Å². The van der Waals surface area contributed by atoms with Gasteiger partial charge in [-0.2, -0.15) is 0 Å². The maximum absolute atomic E-state index is 13.3. The molecular formula is C34H37NO7. The molecule has 3 aliphatic rings. The molecule has 2 aliphatic heterocycles. The summed E-state index contributed by atoms with van der Waals surface area (Å²) >= 11 is 0. The number of carbonyl (C=O) groups excluding carboxylic acids is 2. The van der Waals surface area contributed by atoms with Gasteiger partial charge < -0.3 is 29.0 Å². The molecule has 2 unspecified atom stereocenters. The van der Waals surface area contributed by atoms with Gasteiger partial charge in [0.1, 0.15) is 29.1 Å². The molecule has 3 aromatic rings. The highest BCUT2D eigenvalue weighted by atomic mass is 16.6. The zero-order valence-corrected chi connectivity index (χ0v) is 24.5. The van der Waals surface area contributed by atoms with Crippen molar-refractivity contribution in [2.75, 3.05) is 13.2 Å². The number of nitrogens with one attached hydrogen (secondary N) is 1.